The summed E-state index contributed by atoms with van der Waals surface area (Å²) in [5.41, 5.74) is 8.61. The molecule has 0 aliphatic carbocycles. The van der Waals surface area contributed by atoms with E-state index in [-0.39, 0.29) is 5.70 Å². The Morgan fingerprint density at radius 2 is 1.88 bits per heavy atom. The highest BCUT2D eigenvalue weighted by Crippen LogP contribution is 2.31. The van der Waals surface area contributed by atoms with Crippen LogP contribution in [0, 0.1) is 6.92 Å². The molecule has 120 valence electrons. The van der Waals surface area contributed by atoms with Gasteiger partial charge in [0, 0.05) is 28.8 Å². The zero-order valence-corrected chi connectivity index (χ0v) is 13.1. The van der Waals surface area contributed by atoms with E-state index in [4.69, 9.17) is 10.2 Å². The van der Waals surface area contributed by atoms with Crippen molar-refractivity contribution in [2.24, 2.45) is 5.73 Å². The number of hydrogen-bond donors (Lipinski definition) is 2. The fourth-order valence-electron chi connectivity index (χ4n) is 2.57. The minimum Gasteiger partial charge on any atom is -0.423 e. The number of nitrogens with one attached hydrogen (secondary N) is 1. The molecule has 0 aliphatic heterocycles. The first-order valence-electron chi connectivity index (χ1n) is 7.35. The SMILES string of the molecule is C=C(Nc1ccc2c(-c3ccccc3C)cc(=O)oc2c1)C(N)=O. The van der Waals surface area contributed by atoms with Gasteiger partial charge in [0.15, 0.2) is 0 Å². The Morgan fingerprint density at radius 1 is 1.12 bits per heavy atom. The molecule has 1 aromatic heterocycles. The van der Waals surface area contributed by atoms with Crippen LogP contribution in [0.4, 0.5) is 5.69 Å². The maximum atomic E-state index is 12.0. The van der Waals surface area contributed by atoms with Gasteiger partial charge in [-0.2, -0.15) is 0 Å². The van der Waals surface area contributed by atoms with Crippen LogP contribution in [-0.4, -0.2) is 5.91 Å². The Bertz CT molecular complexity index is 1020. The topological polar surface area (TPSA) is 85.3 Å². The highest BCUT2D eigenvalue weighted by atomic mass is 16.4. The molecule has 3 rings (SSSR count). The van der Waals surface area contributed by atoms with Crippen molar-refractivity contribution >= 4 is 22.6 Å². The molecule has 0 radical (unpaired) electrons. The molecule has 0 unspecified atom stereocenters. The van der Waals surface area contributed by atoms with Crippen LogP contribution in [0.1, 0.15) is 5.56 Å². The molecule has 3 aromatic rings. The summed E-state index contributed by atoms with van der Waals surface area (Å²) in [4.78, 5) is 23.0. The molecule has 0 spiro atoms. The second-order valence-electron chi connectivity index (χ2n) is 5.47. The van der Waals surface area contributed by atoms with E-state index in [1.54, 1.807) is 12.1 Å². The van der Waals surface area contributed by atoms with Gasteiger partial charge in [-0.05, 0) is 30.2 Å². The number of benzene rings is 2. The summed E-state index contributed by atoms with van der Waals surface area (Å²) in [6, 6.07) is 14.6. The molecular formula is C19H16N2O3. The number of nitrogens with two attached hydrogens (primary N) is 1. The van der Waals surface area contributed by atoms with Gasteiger partial charge >= 0.3 is 5.63 Å². The third-order valence-corrected chi connectivity index (χ3v) is 3.77. The number of aryl methyl sites for hydroxylation is 1. The number of hydrogen-bond acceptors (Lipinski definition) is 4. The first-order chi connectivity index (χ1) is 11.5. The molecule has 0 atom stereocenters. The monoisotopic (exact) mass is 320 g/mol. The van der Waals surface area contributed by atoms with E-state index in [1.807, 2.05) is 37.3 Å². The fourth-order valence-corrected chi connectivity index (χ4v) is 2.57. The van der Waals surface area contributed by atoms with Gasteiger partial charge in [0.05, 0.1) is 5.70 Å². The van der Waals surface area contributed by atoms with Gasteiger partial charge in [-0.25, -0.2) is 4.79 Å². The molecular weight excluding hydrogens is 304 g/mol. The van der Waals surface area contributed by atoms with E-state index >= 15 is 0 Å². The molecule has 0 saturated carbocycles. The molecule has 3 N–H and O–H groups in total. The Morgan fingerprint density at radius 3 is 2.58 bits per heavy atom. The molecule has 5 heteroatoms. The van der Waals surface area contributed by atoms with Crippen molar-refractivity contribution in [1.82, 2.24) is 0 Å². The lowest BCUT2D eigenvalue weighted by Gasteiger charge is -2.11. The van der Waals surface area contributed by atoms with E-state index in [0.29, 0.717) is 11.3 Å². The van der Waals surface area contributed by atoms with Crippen molar-refractivity contribution in [3.8, 4) is 11.1 Å². The van der Waals surface area contributed by atoms with Gasteiger partial charge in [-0.3, -0.25) is 4.79 Å². The van der Waals surface area contributed by atoms with E-state index in [2.05, 4.69) is 11.9 Å². The Balaban J connectivity index is 2.16. The highest BCUT2D eigenvalue weighted by molar-refractivity contribution is 5.97. The predicted octanol–water partition coefficient (Wildman–Crippen LogP) is 3.18. The second-order valence-corrected chi connectivity index (χ2v) is 5.47. The van der Waals surface area contributed by atoms with Crippen molar-refractivity contribution in [3.63, 3.8) is 0 Å². The van der Waals surface area contributed by atoms with Crippen LogP contribution in [0.5, 0.6) is 0 Å². The van der Waals surface area contributed by atoms with Crippen molar-refractivity contribution in [1.29, 1.82) is 0 Å². The molecule has 1 amide bonds. The molecule has 0 bridgehead atoms. The van der Waals surface area contributed by atoms with Crippen LogP contribution >= 0.6 is 0 Å². The summed E-state index contributed by atoms with van der Waals surface area (Å²) in [6.45, 7) is 5.53. The maximum Gasteiger partial charge on any atom is 0.336 e. The van der Waals surface area contributed by atoms with Gasteiger partial charge in [0.1, 0.15) is 5.58 Å². The Labute approximate surface area is 138 Å². The molecule has 0 aliphatic rings. The van der Waals surface area contributed by atoms with Crippen LogP contribution in [0.2, 0.25) is 0 Å². The third-order valence-electron chi connectivity index (χ3n) is 3.77. The van der Waals surface area contributed by atoms with Gasteiger partial charge in [-0.1, -0.05) is 30.8 Å². The zero-order chi connectivity index (χ0) is 17.3. The molecule has 1 heterocycles. The van der Waals surface area contributed by atoms with Crippen LogP contribution in [0.3, 0.4) is 0 Å². The van der Waals surface area contributed by atoms with Crippen molar-refractivity contribution in [2.75, 3.05) is 5.32 Å². The van der Waals surface area contributed by atoms with Crippen LogP contribution in [0.25, 0.3) is 22.1 Å². The average molecular weight is 320 g/mol. The third kappa shape index (κ3) is 2.92. The zero-order valence-electron chi connectivity index (χ0n) is 13.1. The maximum absolute atomic E-state index is 12.0. The normalized spacial score (nSPS) is 10.5. The lowest BCUT2D eigenvalue weighted by molar-refractivity contribution is -0.114. The standard InChI is InChI=1S/C19H16N2O3/c1-11-5-3-4-6-14(11)16-10-18(22)24-17-9-13(7-8-15(16)17)21-12(2)19(20)23/h3-10,21H,2H2,1H3,(H2,20,23). The number of fused-ring (bicyclic) bond motifs is 1. The van der Waals surface area contributed by atoms with Crippen LogP contribution in [-0.2, 0) is 4.79 Å². The smallest absolute Gasteiger partial charge is 0.336 e. The fraction of sp³-hybridized carbons (Fsp3) is 0.0526. The lowest BCUT2D eigenvalue weighted by atomic mass is 9.98. The Hall–Kier alpha value is -3.34. The van der Waals surface area contributed by atoms with Crippen molar-refractivity contribution in [3.05, 3.63) is 76.8 Å². The van der Waals surface area contributed by atoms with Crippen molar-refractivity contribution in [2.45, 2.75) is 6.92 Å². The van der Waals surface area contributed by atoms with E-state index in [9.17, 15) is 9.59 Å². The van der Waals surface area contributed by atoms with Gasteiger partial charge in [0.2, 0.25) is 0 Å². The summed E-state index contributed by atoms with van der Waals surface area (Å²) >= 11 is 0. The number of carbonyl (C=O) groups is 1. The van der Waals surface area contributed by atoms with E-state index in [1.165, 1.54) is 6.07 Å². The Kier molecular flexibility index (Phi) is 3.92. The van der Waals surface area contributed by atoms with Crippen LogP contribution < -0.4 is 16.7 Å². The second kappa shape index (κ2) is 6.04. The molecule has 5 nitrogen and oxygen atoms in total. The minimum atomic E-state index is -0.648. The number of anilines is 1. The van der Waals surface area contributed by atoms with Crippen molar-refractivity contribution < 1.29 is 9.21 Å². The number of amides is 1. The highest BCUT2D eigenvalue weighted by Gasteiger charge is 2.11. The summed E-state index contributed by atoms with van der Waals surface area (Å²) in [5.74, 6) is -0.648. The van der Waals surface area contributed by atoms with E-state index in [0.717, 1.165) is 22.1 Å². The quantitative estimate of drug-likeness (QED) is 0.571. The van der Waals surface area contributed by atoms with Gasteiger partial charge in [0.25, 0.3) is 5.91 Å². The van der Waals surface area contributed by atoms with Gasteiger partial charge < -0.3 is 15.5 Å². The predicted molar refractivity (Wildman–Crippen MR) is 94.6 cm³/mol. The van der Waals surface area contributed by atoms with Gasteiger partial charge in [-0.15, -0.1) is 0 Å². The average Bonchev–Trinajstić information content (AvgIpc) is 2.54. The number of primary amides is 1. The summed E-state index contributed by atoms with van der Waals surface area (Å²) in [7, 11) is 0. The number of rotatable bonds is 4. The summed E-state index contributed by atoms with van der Waals surface area (Å²) < 4.78 is 5.30. The largest absolute Gasteiger partial charge is 0.423 e. The van der Waals surface area contributed by atoms with Crippen LogP contribution in [0.15, 0.2) is 70.0 Å². The molecule has 24 heavy (non-hydrogen) atoms. The summed E-state index contributed by atoms with van der Waals surface area (Å²) in [5, 5.41) is 3.60. The lowest BCUT2D eigenvalue weighted by Crippen LogP contribution is -2.18. The number of carbonyl (C=O) groups excluding carboxylic acids is 1. The minimum absolute atomic E-state index is 0.0618. The first kappa shape index (κ1) is 15.6. The first-order valence-corrected chi connectivity index (χ1v) is 7.35. The molecule has 0 saturated heterocycles. The summed E-state index contributed by atoms with van der Waals surface area (Å²) in [6.07, 6.45) is 0. The van der Waals surface area contributed by atoms with E-state index < -0.39 is 11.5 Å². The molecule has 2 aromatic carbocycles. The molecule has 0 fully saturated rings.